The fraction of sp³-hybridized carbons (Fsp3) is 0.158. The summed E-state index contributed by atoms with van der Waals surface area (Å²) < 4.78 is 27.1. The SMILES string of the molecule is CNS(=O)(=O)Cc1ccc(CNC(=O)c2ccc(-n3cccn3)cc2)cc1. The Morgan fingerprint density at radius 1 is 1.04 bits per heavy atom. The van der Waals surface area contributed by atoms with Gasteiger partial charge >= 0.3 is 0 Å². The molecule has 8 heteroatoms. The van der Waals surface area contributed by atoms with E-state index in [2.05, 4.69) is 15.1 Å². The fourth-order valence-corrected chi connectivity index (χ4v) is 3.29. The first-order valence-electron chi connectivity index (χ1n) is 8.34. The Hall–Kier alpha value is -2.97. The van der Waals surface area contributed by atoms with Crippen molar-refractivity contribution in [2.45, 2.75) is 12.3 Å². The van der Waals surface area contributed by atoms with Crippen molar-refractivity contribution >= 4 is 15.9 Å². The van der Waals surface area contributed by atoms with E-state index in [1.807, 2.05) is 36.5 Å². The second kappa shape index (κ2) is 8.15. The molecule has 0 saturated heterocycles. The summed E-state index contributed by atoms with van der Waals surface area (Å²) in [4.78, 5) is 12.3. The van der Waals surface area contributed by atoms with Crippen LogP contribution < -0.4 is 10.0 Å². The molecule has 0 fully saturated rings. The average molecular weight is 384 g/mol. The van der Waals surface area contributed by atoms with Gasteiger partial charge in [0.1, 0.15) is 0 Å². The maximum absolute atomic E-state index is 12.3. The van der Waals surface area contributed by atoms with Crippen molar-refractivity contribution in [1.29, 1.82) is 0 Å². The van der Waals surface area contributed by atoms with E-state index in [-0.39, 0.29) is 11.7 Å². The number of carbonyl (C=O) groups is 1. The highest BCUT2D eigenvalue weighted by atomic mass is 32.2. The second-order valence-corrected chi connectivity index (χ2v) is 7.89. The standard InChI is InChI=1S/C19H20N4O3S/c1-20-27(25,26)14-16-5-3-15(4-6-16)13-21-19(24)17-7-9-18(10-8-17)23-12-2-11-22-23/h2-12,20H,13-14H2,1H3,(H,21,24). The lowest BCUT2D eigenvalue weighted by atomic mass is 10.1. The zero-order valence-electron chi connectivity index (χ0n) is 14.8. The van der Waals surface area contributed by atoms with Gasteiger partial charge in [-0.2, -0.15) is 5.10 Å². The van der Waals surface area contributed by atoms with Crippen LogP contribution in [0.4, 0.5) is 0 Å². The molecule has 0 aliphatic heterocycles. The van der Waals surface area contributed by atoms with Gasteiger partial charge in [-0.05, 0) is 48.5 Å². The van der Waals surface area contributed by atoms with Crippen LogP contribution in [0.2, 0.25) is 0 Å². The molecule has 0 bridgehead atoms. The lowest BCUT2D eigenvalue weighted by Gasteiger charge is -2.08. The van der Waals surface area contributed by atoms with E-state index < -0.39 is 10.0 Å². The molecule has 1 amide bonds. The van der Waals surface area contributed by atoms with Crippen LogP contribution in [-0.4, -0.2) is 31.2 Å². The molecule has 7 nitrogen and oxygen atoms in total. The number of hydrogen-bond donors (Lipinski definition) is 2. The summed E-state index contributed by atoms with van der Waals surface area (Å²) in [6.45, 7) is 0.360. The first-order chi connectivity index (χ1) is 13.0. The van der Waals surface area contributed by atoms with Crippen LogP contribution in [0, 0.1) is 0 Å². The van der Waals surface area contributed by atoms with E-state index in [4.69, 9.17) is 0 Å². The lowest BCUT2D eigenvalue weighted by Crippen LogP contribution is -2.23. The first kappa shape index (κ1) is 18.8. The number of aromatic nitrogens is 2. The van der Waals surface area contributed by atoms with Crippen LogP contribution >= 0.6 is 0 Å². The Morgan fingerprint density at radius 2 is 1.70 bits per heavy atom. The number of nitrogens with one attached hydrogen (secondary N) is 2. The summed E-state index contributed by atoms with van der Waals surface area (Å²) in [7, 11) is -1.90. The number of carbonyl (C=O) groups excluding carboxylic acids is 1. The monoisotopic (exact) mass is 384 g/mol. The van der Waals surface area contributed by atoms with Crippen molar-refractivity contribution in [3.63, 3.8) is 0 Å². The fourth-order valence-electron chi connectivity index (χ4n) is 2.52. The Labute approximate surface area is 158 Å². The number of nitrogens with zero attached hydrogens (tertiary/aromatic N) is 2. The molecule has 0 atom stereocenters. The van der Waals surface area contributed by atoms with E-state index in [0.29, 0.717) is 17.7 Å². The molecule has 3 aromatic rings. The predicted molar refractivity (Wildman–Crippen MR) is 103 cm³/mol. The van der Waals surface area contributed by atoms with Crippen molar-refractivity contribution in [3.05, 3.63) is 83.7 Å². The van der Waals surface area contributed by atoms with Crippen molar-refractivity contribution in [2.75, 3.05) is 7.05 Å². The average Bonchev–Trinajstić information content (AvgIpc) is 3.22. The number of sulfonamides is 1. The van der Waals surface area contributed by atoms with Crippen LogP contribution in [0.5, 0.6) is 0 Å². The van der Waals surface area contributed by atoms with E-state index in [1.54, 1.807) is 35.1 Å². The zero-order valence-corrected chi connectivity index (χ0v) is 15.6. The van der Waals surface area contributed by atoms with Crippen LogP contribution in [0.1, 0.15) is 21.5 Å². The number of benzene rings is 2. The van der Waals surface area contributed by atoms with Crippen molar-refractivity contribution < 1.29 is 13.2 Å². The molecule has 1 heterocycles. The predicted octanol–water partition coefficient (Wildman–Crippen LogP) is 1.85. The summed E-state index contributed by atoms with van der Waals surface area (Å²) in [6.07, 6.45) is 3.53. The maximum atomic E-state index is 12.3. The van der Waals surface area contributed by atoms with E-state index in [9.17, 15) is 13.2 Å². The van der Waals surface area contributed by atoms with Crippen molar-refractivity contribution in [3.8, 4) is 5.69 Å². The summed E-state index contributed by atoms with van der Waals surface area (Å²) in [6, 6.07) is 16.1. The Balaban J connectivity index is 1.57. The quantitative estimate of drug-likeness (QED) is 0.650. The van der Waals surface area contributed by atoms with Gasteiger partial charge in [0.05, 0.1) is 11.4 Å². The topological polar surface area (TPSA) is 93.1 Å². The molecule has 0 aliphatic rings. The summed E-state index contributed by atoms with van der Waals surface area (Å²) in [5.41, 5.74) is 3.02. The molecule has 2 N–H and O–H groups in total. The van der Waals surface area contributed by atoms with E-state index >= 15 is 0 Å². The normalized spacial score (nSPS) is 11.3. The molecular formula is C19H20N4O3S. The first-order valence-corrected chi connectivity index (χ1v) is 9.99. The van der Waals surface area contributed by atoms with E-state index in [0.717, 1.165) is 11.3 Å². The molecule has 1 aromatic heterocycles. The molecule has 2 aromatic carbocycles. The second-order valence-electron chi connectivity index (χ2n) is 5.96. The third-order valence-electron chi connectivity index (χ3n) is 4.04. The molecule has 27 heavy (non-hydrogen) atoms. The number of hydrogen-bond acceptors (Lipinski definition) is 4. The van der Waals surface area contributed by atoms with Gasteiger partial charge in [-0.25, -0.2) is 17.8 Å². The zero-order chi connectivity index (χ0) is 19.3. The Morgan fingerprint density at radius 3 is 2.30 bits per heavy atom. The van der Waals surface area contributed by atoms with E-state index in [1.165, 1.54) is 7.05 Å². The Kier molecular flexibility index (Phi) is 5.68. The number of amides is 1. The van der Waals surface area contributed by atoms with Gasteiger partial charge in [0.15, 0.2) is 0 Å². The van der Waals surface area contributed by atoms with Gasteiger partial charge in [0.2, 0.25) is 10.0 Å². The molecule has 140 valence electrons. The highest BCUT2D eigenvalue weighted by molar-refractivity contribution is 7.88. The molecule has 0 unspecified atom stereocenters. The molecule has 3 rings (SSSR count). The third kappa shape index (κ3) is 5.02. The maximum Gasteiger partial charge on any atom is 0.251 e. The highest BCUT2D eigenvalue weighted by Crippen LogP contribution is 2.10. The van der Waals surface area contributed by atoms with Gasteiger partial charge in [0, 0.05) is 24.5 Å². The molecular weight excluding hydrogens is 364 g/mol. The van der Waals surface area contributed by atoms with Crippen LogP contribution in [-0.2, 0) is 22.3 Å². The largest absolute Gasteiger partial charge is 0.348 e. The van der Waals surface area contributed by atoms with Crippen LogP contribution in [0.15, 0.2) is 67.0 Å². The molecule has 0 saturated carbocycles. The minimum atomic E-state index is -3.29. The third-order valence-corrected chi connectivity index (χ3v) is 5.38. The minimum Gasteiger partial charge on any atom is -0.348 e. The Bertz CT molecular complexity index is 996. The van der Waals surface area contributed by atoms with Gasteiger partial charge in [-0.15, -0.1) is 0 Å². The number of rotatable bonds is 7. The van der Waals surface area contributed by atoms with Crippen LogP contribution in [0.3, 0.4) is 0 Å². The van der Waals surface area contributed by atoms with Gasteiger partial charge in [0.25, 0.3) is 5.91 Å². The molecule has 0 radical (unpaired) electrons. The van der Waals surface area contributed by atoms with Gasteiger partial charge in [-0.3, -0.25) is 4.79 Å². The minimum absolute atomic E-state index is 0.0707. The lowest BCUT2D eigenvalue weighted by molar-refractivity contribution is 0.0951. The van der Waals surface area contributed by atoms with Gasteiger partial charge < -0.3 is 5.32 Å². The molecule has 0 aliphatic carbocycles. The smallest absolute Gasteiger partial charge is 0.251 e. The molecule has 0 spiro atoms. The summed E-state index contributed by atoms with van der Waals surface area (Å²) >= 11 is 0. The summed E-state index contributed by atoms with van der Waals surface area (Å²) in [5, 5.41) is 7.00. The van der Waals surface area contributed by atoms with Gasteiger partial charge in [-0.1, -0.05) is 24.3 Å². The van der Waals surface area contributed by atoms with Crippen molar-refractivity contribution in [2.24, 2.45) is 0 Å². The van der Waals surface area contributed by atoms with Crippen LogP contribution in [0.25, 0.3) is 5.69 Å². The van der Waals surface area contributed by atoms with Crippen molar-refractivity contribution in [1.82, 2.24) is 19.8 Å². The summed E-state index contributed by atoms with van der Waals surface area (Å²) in [5.74, 6) is -0.248. The highest BCUT2D eigenvalue weighted by Gasteiger charge is 2.09.